The fourth-order valence-electron chi connectivity index (χ4n) is 2.50. The van der Waals surface area contributed by atoms with Crippen molar-refractivity contribution in [1.29, 1.82) is 0 Å². The van der Waals surface area contributed by atoms with Crippen molar-refractivity contribution in [3.8, 4) is 0 Å². The van der Waals surface area contributed by atoms with Crippen molar-refractivity contribution < 1.29 is 4.79 Å². The molecule has 2 aromatic rings. The molecule has 1 aliphatic heterocycles. The van der Waals surface area contributed by atoms with E-state index >= 15 is 0 Å². The van der Waals surface area contributed by atoms with Crippen LogP contribution in [0.15, 0.2) is 11.4 Å². The number of fused-ring (bicyclic) bond motifs is 1. The van der Waals surface area contributed by atoms with Crippen LogP contribution >= 0.6 is 11.8 Å². The van der Waals surface area contributed by atoms with Crippen LogP contribution in [0.2, 0.25) is 0 Å². The second kappa shape index (κ2) is 5.36. The van der Waals surface area contributed by atoms with Gasteiger partial charge in [-0.25, -0.2) is 15.0 Å². The molecule has 0 aromatic carbocycles. The Morgan fingerprint density at radius 3 is 2.62 bits per heavy atom. The number of likely N-dealkylation sites (tertiary alicyclic amines) is 1. The Morgan fingerprint density at radius 2 is 1.95 bits per heavy atom. The number of nitrogens with zero attached hydrogens (tertiary/aromatic N) is 4. The fourth-order valence-corrected chi connectivity index (χ4v) is 2.84. The molecule has 0 radical (unpaired) electrons. The largest absolute Gasteiger partial charge is 0.383 e. The van der Waals surface area contributed by atoms with E-state index in [-0.39, 0.29) is 17.5 Å². The maximum atomic E-state index is 12.7. The zero-order valence-corrected chi connectivity index (χ0v) is 12.5. The summed E-state index contributed by atoms with van der Waals surface area (Å²) in [5, 5.41) is 1.13. The monoisotopic (exact) mass is 304 g/mol. The van der Waals surface area contributed by atoms with Crippen LogP contribution in [0.3, 0.4) is 0 Å². The van der Waals surface area contributed by atoms with Crippen molar-refractivity contribution in [3.63, 3.8) is 0 Å². The Kier molecular flexibility index (Phi) is 3.54. The summed E-state index contributed by atoms with van der Waals surface area (Å²) in [6.45, 7) is 1.48. The third-order valence-corrected chi connectivity index (χ3v) is 4.13. The van der Waals surface area contributed by atoms with Crippen molar-refractivity contribution in [2.75, 3.05) is 30.8 Å². The zero-order chi connectivity index (χ0) is 15.0. The molecule has 1 amide bonds. The number of pyridine rings is 1. The highest BCUT2D eigenvalue weighted by Gasteiger charge is 2.26. The summed E-state index contributed by atoms with van der Waals surface area (Å²) < 4.78 is 0. The maximum Gasteiger partial charge on any atom is 0.259 e. The molecule has 0 saturated carbocycles. The zero-order valence-electron chi connectivity index (χ0n) is 11.7. The van der Waals surface area contributed by atoms with Crippen LogP contribution in [0.25, 0.3) is 10.9 Å². The van der Waals surface area contributed by atoms with Gasteiger partial charge in [0.2, 0.25) is 0 Å². The molecular weight excluding hydrogens is 288 g/mol. The second-order valence-electron chi connectivity index (χ2n) is 4.88. The van der Waals surface area contributed by atoms with Gasteiger partial charge in [0.15, 0.2) is 5.16 Å². The summed E-state index contributed by atoms with van der Waals surface area (Å²) >= 11 is 1.40. The van der Waals surface area contributed by atoms with Crippen LogP contribution in [0.4, 0.5) is 11.6 Å². The van der Waals surface area contributed by atoms with E-state index in [1.54, 1.807) is 11.1 Å². The number of rotatable bonds is 2. The van der Waals surface area contributed by atoms with Crippen LogP contribution in [0.5, 0.6) is 0 Å². The number of thioether (sulfide) groups is 1. The molecule has 2 aromatic heterocycles. The molecule has 0 spiro atoms. The molecule has 0 bridgehead atoms. The molecule has 1 fully saturated rings. The normalized spacial score (nSPS) is 14.8. The molecule has 3 heterocycles. The summed E-state index contributed by atoms with van der Waals surface area (Å²) in [4.78, 5) is 27.1. The van der Waals surface area contributed by atoms with Gasteiger partial charge in [-0.15, -0.1) is 0 Å². The SMILES string of the molecule is CSc1ncc2c(N)nc(N)c(C(=O)N3CCCC3)c2n1. The van der Waals surface area contributed by atoms with E-state index in [2.05, 4.69) is 15.0 Å². The van der Waals surface area contributed by atoms with Gasteiger partial charge in [-0.05, 0) is 19.1 Å². The highest BCUT2D eigenvalue weighted by Crippen LogP contribution is 2.28. The van der Waals surface area contributed by atoms with E-state index in [1.807, 2.05) is 6.26 Å². The number of amides is 1. The third kappa shape index (κ3) is 2.35. The molecule has 7 nitrogen and oxygen atoms in total. The Labute approximate surface area is 126 Å². The average molecular weight is 304 g/mol. The Balaban J connectivity index is 2.21. The van der Waals surface area contributed by atoms with Gasteiger partial charge in [0.25, 0.3) is 5.91 Å². The average Bonchev–Trinajstić information content (AvgIpc) is 3.00. The molecule has 110 valence electrons. The number of carbonyl (C=O) groups excluding carboxylic acids is 1. The van der Waals surface area contributed by atoms with Crippen molar-refractivity contribution in [1.82, 2.24) is 19.9 Å². The number of anilines is 2. The standard InChI is InChI=1S/C13H16N6OS/c1-21-13-16-6-7-9(17-13)8(11(15)18-10(7)14)12(20)19-4-2-3-5-19/h6H,2-5H2,1H3,(H4,14,15,18). The van der Waals surface area contributed by atoms with Crippen molar-refractivity contribution in [2.45, 2.75) is 18.0 Å². The molecular formula is C13H16N6OS. The third-order valence-electron chi connectivity index (χ3n) is 3.57. The quantitative estimate of drug-likeness (QED) is 0.632. The first-order valence-corrected chi connectivity index (χ1v) is 7.89. The molecule has 0 aliphatic carbocycles. The topological polar surface area (TPSA) is 111 Å². The second-order valence-corrected chi connectivity index (χ2v) is 5.65. The van der Waals surface area contributed by atoms with Gasteiger partial charge in [-0.3, -0.25) is 4.79 Å². The number of nitrogens with two attached hydrogens (primary N) is 2. The fraction of sp³-hybridized carbons (Fsp3) is 0.385. The first-order chi connectivity index (χ1) is 10.1. The van der Waals surface area contributed by atoms with E-state index in [9.17, 15) is 4.79 Å². The molecule has 4 N–H and O–H groups in total. The molecule has 21 heavy (non-hydrogen) atoms. The maximum absolute atomic E-state index is 12.7. The van der Waals surface area contributed by atoms with Crippen LogP contribution in [-0.4, -0.2) is 45.1 Å². The van der Waals surface area contributed by atoms with E-state index in [1.165, 1.54) is 11.8 Å². The molecule has 0 atom stereocenters. The number of hydrogen-bond acceptors (Lipinski definition) is 7. The van der Waals surface area contributed by atoms with Gasteiger partial charge in [0.05, 0.1) is 10.9 Å². The molecule has 1 saturated heterocycles. The lowest BCUT2D eigenvalue weighted by molar-refractivity contribution is 0.0795. The van der Waals surface area contributed by atoms with E-state index in [4.69, 9.17) is 11.5 Å². The van der Waals surface area contributed by atoms with E-state index in [0.29, 0.717) is 21.6 Å². The first kappa shape index (κ1) is 13.9. The van der Waals surface area contributed by atoms with E-state index < -0.39 is 0 Å². The van der Waals surface area contributed by atoms with Crippen molar-refractivity contribution >= 4 is 40.2 Å². The van der Waals surface area contributed by atoms with Gasteiger partial charge >= 0.3 is 0 Å². The summed E-state index contributed by atoms with van der Waals surface area (Å²) in [6, 6.07) is 0. The van der Waals surface area contributed by atoms with Crippen LogP contribution in [-0.2, 0) is 0 Å². The molecule has 1 aliphatic rings. The lowest BCUT2D eigenvalue weighted by Crippen LogP contribution is -2.29. The van der Waals surface area contributed by atoms with Crippen molar-refractivity contribution in [3.05, 3.63) is 11.8 Å². The van der Waals surface area contributed by atoms with Crippen LogP contribution in [0.1, 0.15) is 23.2 Å². The predicted molar refractivity (Wildman–Crippen MR) is 83.1 cm³/mol. The number of aromatic nitrogens is 3. The minimum Gasteiger partial charge on any atom is -0.383 e. The summed E-state index contributed by atoms with van der Waals surface area (Å²) in [6.07, 6.45) is 5.49. The van der Waals surface area contributed by atoms with Gasteiger partial charge in [-0.2, -0.15) is 0 Å². The summed E-state index contributed by atoms with van der Waals surface area (Å²) in [5.74, 6) is 0.240. The van der Waals surface area contributed by atoms with Gasteiger partial charge in [0.1, 0.15) is 17.2 Å². The van der Waals surface area contributed by atoms with Crippen LogP contribution in [0, 0.1) is 0 Å². The first-order valence-electron chi connectivity index (χ1n) is 6.66. The highest BCUT2D eigenvalue weighted by molar-refractivity contribution is 7.98. The van der Waals surface area contributed by atoms with Crippen molar-refractivity contribution in [2.24, 2.45) is 0 Å². The summed E-state index contributed by atoms with van der Waals surface area (Å²) in [5.41, 5.74) is 12.6. The Bertz CT molecular complexity index is 713. The van der Waals surface area contributed by atoms with Crippen LogP contribution < -0.4 is 11.5 Å². The molecule has 8 heteroatoms. The Morgan fingerprint density at radius 1 is 1.24 bits per heavy atom. The van der Waals surface area contributed by atoms with Gasteiger partial charge in [-0.1, -0.05) is 11.8 Å². The number of nitrogen functional groups attached to an aromatic ring is 2. The summed E-state index contributed by atoms with van der Waals surface area (Å²) in [7, 11) is 0. The lowest BCUT2D eigenvalue weighted by atomic mass is 10.1. The molecule has 0 unspecified atom stereocenters. The highest BCUT2D eigenvalue weighted by atomic mass is 32.2. The smallest absolute Gasteiger partial charge is 0.259 e. The predicted octanol–water partition coefficient (Wildman–Crippen LogP) is 1.15. The molecule has 3 rings (SSSR count). The lowest BCUT2D eigenvalue weighted by Gasteiger charge is -2.17. The number of hydrogen-bond donors (Lipinski definition) is 2. The van der Waals surface area contributed by atoms with E-state index in [0.717, 1.165) is 25.9 Å². The Hall–Kier alpha value is -2.09. The number of carbonyl (C=O) groups is 1. The minimum atomic E-state index is -0.131. The van der Waals surface area contributed by atoms with Gasteiger partial charge in [0, 0.05) is 19.3 Å². The minimum absolute atomic E-state index is 0.127. The van der Waals surface area contributed by atoms with Gasteiger partial charge < -0.3 is 16.4 Å².